The highest BCUT2D eigenvalue weighted by atomic mass is 35.5. The molecule has 0 fully saturated rings. The van der Waals surface area contributed by atoms with E-state index in [1.807, 2.05) is 0 Å². The summed E-state index contributed by atoms with van der Waals surface area (Å²) >= 11 is 25.8. The van der Waals surface area contributed by atoms with Crippen molar-refractivity contribution in [3.05, 3.63) is 127 Å². The van der Waals surface area contributed by atoms with E-state index >= 15 is 0 Å². The number of hydrogen-bond acceptors (Lipinski definition) is 2. The molecule has 2 amide bonds. The van der Waals surface area contributed by atoms with Crippen LogP contribution in [-0.4, -0.2) is 11.8 Å². The third-order valence-electron chi connectivity index (χ3n) is 6.10. The van der Waals surface area contributed by atoms with Gasteiger partial charge in [-0.05, 0) is 48.5 Å². The number of rotatable bonds is 4. The van der Waals surface area contributed by atoms with E-state index in [-0.39, 0.29) is 24.9 Å². The van der Waals surface area contributed by atoms with E-state index in [1.165, 1.54) is 0 Å². The lowest BCUT2D eigenvalue weighted by molar-refractivity contribution is 0.0972. The van der Waals surface area contributed by atoms with Gasteiger partial charge in [-0.1, -0.05) is 82.8 Å². The summed E-state index contributed by atoms with van der Waals surface area (Å²) in [6.45, 7) is 0.179. The quantitative estimate of drug-likeness (QED) is 0.254. The van der Waals surface area contributed by atoms with Crippen LogP contribution >= 0.6 is 46.4 Å². The highest BCUT2D eigenvalue weighted by Crippen LogP contribution is 2.37. The molecule has 0 saturated carbocycles. The van der Waals surface area contributed by atoms with E-state index in [9.17, 15) is 9.59 Å². The van der Waals surface area contributed by atoms with E-state index in [0.29, 0.717) is 53.7 Å². The number of para-hydroxylation sites is 2. The van der Waals surface area contributed by atoms with Crippen molar-refractivity contribution in [2.45, 2.75) is 13.1 Å². The number of hydrogen-bond donors (Lipinski definition) is 0. The number of anilines is 2. The highest BCUT2D eigenvalue weighted by molar-refractivity contribution is 6.36. The molecule has 0 bridgehead atoms. The van der Waals surface area contributed by atoms with E-state index in [4.69, 9.17) is 46.4 Å². The zero-order chi connectivity index (χ0) is 25.4. The summed E-state index contributed by atoms with van der Waals surface area (Å²) in [5, 5.41) is 1.74. The van der Waals surface area contributed by atoms with Crippen molar-refractivity contribution in [1.29, 1.82) is 0 Å². The maximum Gasteiger partial charge on any atom is 0.260 e. The summed E-state index contributed by atoms with van der Waals surface area (Å²) in [7, 11) is 0. The molecule has 4 aromatic carbocycles. The van der Waals surface area contributed by atoms with Crippen LogP contribution in [0.4, 0.5) is 11.4 Å². The normalized spacial score (nSPS) is 13.2. The SMILES string of the molecule is O=C1c2ccccc2N(Cc2c(Cl)cccc2Cl)C(=O)c2ccccc2N1Cc1c(Cl)cccc1Cl. The number of carbonyl (C=O) groups excluding carboxylic acids is 2. The van der Waals surface area contributed by atoms with Crippen LogP contribution < -0.4 is 9.80 Å². The highest BCUT2D eigenvalue weighted by Gasteiger charge is 2.33. The van der Waals surface area contributed by atoms with Gasteiger partial charge < -0.3 is 9.80 Å². The Balaban J connectivity index is 1.69. The molecular formula is C28H18Cl4N2O2. The Morgan fingerprint density at radius 3 is 1.17 bits per heavy atom. The van der Waals surface area contributed by atoms with Crippen LogP contribution in [0.25, 0.3) is 0 Å². The fourth-order valence-corrected chi connectivity index (χ4v) is 5.32. The monoisotopic (exact) mass is 554 g/mol. The van der Waals surface area contributed by atoms with Crippen LogP contribution in [0.1, 0.15) is 31.8 Å². The van der Waals surface area contributed by atoms with Crippen LogP contribution in [0.5, 0.6) is 0 Å². The third-order valence-corrected chi connectivity index (χ3v) is 7.51. The molecule has 0 N–H and O–H groups in total. The van der Waals surface area contributed by atoms with Gasteiger partial charge in [-0.25, -0.2) is 0 Å². The van der Waals surface area contributed by atoms with E-state index in [0.717, 1.165) is 0 Å². The van der Waals surface area contributed by atoms with Crippen molar-refractivity contribution in [2.75, 3.05) is 9.80 Å². The average molecular weight is 556 g/mol. The Kier molecular flexibility index (Phi) is 6.96. The minimum atomic E-state index is -0.295. The first-order chi connectivity index (χ1) is 17.4. The molecule has 0 aromatic heterocycles. The van der Waals surface area contributed by atoms with Crippen LogP contribution in [0.2, 0.25) is 20.1 Å². The second-order valence-corrected chi connectivity index (χ2v) is 9.85. The summed E-state index contributed by atoms with van der Waals surface area (Å²) in [6.07, 6.45) is 0. The van der Waals surface area contributed by atoms with Crippen molar-refractivity contribution in [3.8, 4) is 0 Å². The number of benzene rings is 4. The molecule has 1 aliphatic heterocycles. The number of halogens is 4. The molecule has 0 aliphatic carbocycles. The van der Waals surface area contributed by atoms with Gasteiger partial charge in [0.25, 0.3) is 11.8 Å². The minimum absolute atomic E-state index is 0.0896. The Labute approximate surface area is 228 Å². The van der Waals surface area contributed by atoms with Gasteiger partial charge in [0.05, 0.1) is 35.6 Å². The molecule has 8 heteroatoms. The second kappa shape index (κ2) is 10.2. The zero-order valence-corrected chi connectivity index (χ0v) is 21.7. The average Bonchev–Trinajstić information content (AvgIpc) is 2.87. The molecule has 5 rings (SSSR count). The fourth-order valence-electron chi connectivity index (χ4n) is 4.29. The van der Waals surface area contributed by atoms with Crippen molar-refractivity contribution < 1.29 is 9.59 Å². The summed E-state index contributed by atoms with van der Waals surface area (Å²) in [5.41, 5.74) is 2.79. The fraction of sp³-hybridized carbons (Fsp3) is 0.0714. The van der Waals surface area contributed by atoms with Crippen molar-refractivity contribution in [2.24, 2.45) is 0 Å². The molecule has 36 heavy (non-hydrogen) atoms. The molecular weight excluding hydrogens is 538 g/mol. The maximum atomic E-state index is 14.1. The molecule has 0 spiro atoms. The third kappa shape index (κ3) is 4.46. The van der Waals surface area contributed by atoms with Crippen LogP contribution in [-0.2, 0) is 13.1 Å². The van der Waals surface area contributed by atoms with Gasteiger partial charge in [-0.3, -0.25) is 9.59 Å². The Morgan fingerprint density at radius 2 is 0.806 bits per heavy atom. The van der Waals surface area contributed by atoms with Gasteiger partial charge in [0.15, 0.2) is 0 Å². The molecule has 0 unspecified atom stereocenters. The van der Waals surface area contributed by atoms with Gasteiger partial charge in [0, 0.05) is 31.2 Å². The standard InChI is InChI=1S/C28H18Cl4N2O2/c29-21-9-5-10-22(30)19(21)15-33-25-13-3-1-7-17(25)27(35)34(16-20-23(31)11-6-12-24(20)32)26-14-4-2-8-18(26)28(33)36/h1-14H,15-16H2. The predicted molar refractivity (Wildman–Crippen MR) is 147 cm³/mol. The van der Waals surface area contributed by atoms with Crippen molar-refractivity contribution in [1.82, 2.24) is 0 Å². The molecule has 1 aliphatic rings. The van der Waals surface area contributed by atoms with Gasteiger partial charge in [0.2, 0.25) is 0 Å². The molecule has 0 atom stereocenters. The number of carbonyl (C=O) groups is 2. The number of nitrogens with zero attached hydrogens (tertiary/aromatic N) is 2. The molecule has 4 nitrogen and oxygen atoms in total. The first-order valence-corrected chi connectivity index (χ1v) is 12.6. The number of fused-ring (bicyclic) bond motifs is 2. The molecule has 180 valence electrons. The smallest absolute Gasteiger partial charge is 0.260 e. The molecule has 4 aromatic rings. The summed E-state index contributed by atoms with van der Waals surface area (Å²) in [6, 6.07) is 24.3. The summed E-state index contributed by atoms with van der Waals surface area (Å²) in [5.74, 6) is -0.589. The van der Waals surface area contributed by atoms with E-state index in [1.54, 1.807) is 94.7 Å². The Bertz CT molecular complexity index is 1350. The van der Waals surface area contributed by atoms with E-state index < -0.39 is 0 Å². The largest absolute Gasteiger partial charge is 0.303 e. The topological polar surface area (TPSA) is 40.6 Å². The molecule has 1 heterocycles. The van der Waals surface area contributed by atoms with Crippen molar-refractivity contribution >= 4 is 69.6 Å². The maximum absolute atomic E-state index is 14.1. The van der Waals surface area contributed by atoms with Gasteiger partial charge in [-0.15, -0.1) is 0 Å². The first kappa shape index (κ1) is 24.7. The van der Waals surface area contributed by atoms with Crippen LogP contribution in [0.15, 0.2) is 84.9 Å². The van der Waals surface area contributed by atoms with Crippen molar-refractivity contribution in [3.63, 3.8) is 0 Å². The molecule has 0 saturated heterocycles. The van der Waals surface area contributed by atoms with Gasteiger partial charge in [0.1, 0.15) is 0 Å². The lowest BCUT2D eigenvalue weighted by Crippen LogP contribution is -2.40. The number of amides is 2. The lowest BCUT2D eigenvalue weighted by Gasteiger charge is -2.33. The summed E-state index contributed by atoms with van der Waals surface area (Å²) < 4.78 is 0. The van der Waals surface area contributed by atoms with Gasteiger partial charge >= 0.3 is 0 Å². The minimum Gasteiger partial charge on any atom is -0.303 e. The van der Waals surface area contributed by atoms with Gasteiger partial charge in [-0.2, -0.15) is 0 Å². The predicted octanol–water partition coefficient (Wildman–Crippen LogP) is 8.31. The first-order valence-electron chi connectivity index (χ1n) is 11.0. The second-order valence-electron chi connectivity index (χ2n) is 8.22. The lowest BCUT2D eigenvalue weighted by atomic mass is 10.0. The Morgan fingerprint density at radius 1 is 0.472 bits per heavy atom. The molecule has 0 radical (unpaired) electrons. The van der Waals surface area contributed by atoms with Crippen LogP contribution in [0, 0.1) is 0 Å². The van der Waals surface area contributed by atoms with Crippen LogP contribution in [0.3, 0.4) is 0 Å². The zero-order valence-electron chi connectivity index (χ0n) is 18.7. The Hall–Kier alpha value is -3.02. The van der Waals surface area contributed by atoms with E-state index in [2.05, 4.69) is 0 Å². The summed E-state index contributed by atoms with van der Waals surface area (Å²) in [4.78, 5) is 31.2.